The maximum atomic E-state index is 5.94. The van der Waals surface area contributed by atoms with Gasteiger partial charge in [-0.05, 0) is 48.9 Å². The minimum Gasteiger partial charge on any atom is -0.439 e. The molecule has 0 unspecified atom stereocenters. The molecule has 0 spiro atoms. The molecule has 0 amide bonds. The summed E-state index contributed by atoms with van der Waals surface area (Å²) in [4.78, 5) is 15.7. The summed E-state index contributed by atoms with van der Waals surface area (Å²) in [6.45, 7) is 6.03. The third-order valence-electron chi connectivity index (χ3n) is 5.59. The van der Waals surface area contributed by atoms with Crippen molar-refractivity contribution in [3.63, 3.8) is 0 Å². The molecule has 3 aromatic rings. The molecular formula is C24H28ClN5O. The lowest BCUT2D eigenvalue weighted by atomic mass is 10.1. The first kappa shape index (κ1) is 21.4. The average molecular weight is 438 g/mol. The van der Waals surface area contributed by atoms with Gasteiger partial charge in [0, 0.05) is 63.1 Å². The Morgan fingerprint density at radius 2 is 1.77 bits per heavy atom. The van der Waals surface area contributed by atoms with E-state index in [1.165, 1.54) is 11.3 Å². The van der Waals surface area contributed by atoms with Crippen molar-refractivity contribution in [2.45, 2.75) is 19.5 Å². The Kier molecular flexibility index (Phi) is 6.59. The topological polar surface area (TPSA) is 44.7 Å². The first-order chi connectivity index (χ1) is 15.0. The quantitative estimate of drug-likeness (QED) is 0.557. The van der Waals surface area contributed by atoms with Crippen LogP contribution in [0.25, 0.3) is 0 Å². The number of anilines is 2. The molecule has 0 bridgehead atoms. The fourth-order valence-corrected chi connectivity index (χ4v) is 3.88. The number of nitrogens with zero attached hydrogens (tertiary/aromatic N) is 5. The number of ether oxygens (including phenoxy) is 1. The van der Waals surface area contributed by atoms with Crippen molar-refractivity contribution in [2.75, 3.05) is 43.5 Å². The number of hydrogen-bond acceptors (Lipinski definition) is 6. The van der Waals surface area contributed by atoms with Crippen LogP contribution in [0.2, 0.25) is 5.02 Å². The van der Waals surface area contributed by atoms with Gasteiger partial charge in [0.05, 0.1) is 0 Å². The summed E-state index contributed by atoms with van der Waals surface area (Å²) in [7, 11) is 4.13. The van der Waals surface area contributed by atoms with E-state index in [1.807, 2.05) is 18.2 Å². The van der Waals surface area contributed by atoms with Crippen LogP contribution in [0.15, 0.2) is 60.9 Å². The van der Waals surface area contributed by atoms with Crippen LogP contribution in [-0.2, 0) is 6.54 Å². The summed E-state index contributed by atoms with van der Waals surface area (Å²) in [5.41, 5.74) is 2.56. The van der Waals surface area contributed by atoms with Crippen LogP contribution in [0, 0.1) is 0 Å². The van der Waals surface area contributed by atoms with Gasteiger partial charge in [0.1, 0.15) is 17.9 Å². The van der Waals surface area contributed by atoms with Gasteiger partial charge in [-0.2, -0.15) is 0 Å². The molecule has 6 nitrogen and oxygen atoms in total. The molecule has 0 saturated carbocycles. The Balaban J connectivity index is 1.37. The number of hydrogen-bond donors (Lipinski definition) is 0. The van der Waals surface area contributed by atoms with Crippen molar-refractivity contribution in [2.24, 2.45) is 0 Å². The van der Waals surface area contributed by atoms with Crippen molar-refractivity contribution in [1.82, 2.24) is 14.9 Å². The fourth-order valence-electron chi connectivity index (χ4n) is 3.75. The average Bonchev–Trinajstić information content (AvgIpc) is 2.77. The summed E-state index contributed by atoms with van der Waals surface area (Å²) in [6.07, 6.45) is 1.56. The molecule has 1 aromatic heterocycles. The summed E-state index contributed by atoms with van der Waals surface area (Å²) >= 11 is 5.94. The number of aromatic nitrogens is 2. The molecule has 1 aliphatic heterocycles. The van der Waals surface area contributed by atoms with Gasteiger partial charge in [0.15, 0.2) is 0 Å². The van der Waals surface area contributed by atoms with Gasteiger partial charge in [0.2, 0.25) is 5.88 Å². The van der Waals surface area contributed by atoms with Gasteiger partial charge in [-0.15, -0.1) is 0 Å². The monoisotopic (exact) mass is 437 g/mol. The van der Waals surface area contributed by atoms with E-state index in [-0.39, 0.29) is 0 Å². The van der Waals surface area contributed by atoms with E-state index in [2.05, 4.69) is 70.0 Å². The van der Waals surface area contributed by atoms with Gasteiger partial charge in [0.25, 0.3) is 0 Å². The van der Waals surface area contributed by atoms with E-state index in [0.717, 1.165) is 32.0 Å². The minimum atomic E-state index is 0.415. The van der Waals surface area contributed by atoms with Gasteiger partial charge in [-0.1, -0.05) is 23.7 Å². The van der Waals surface area contributed by atoms with Crippen molar-refractivity contribution >= 4 is 23.1 Å². The Morgan fingerprint density at radius 3 is 2.45 bits per heavy atom. The lowest BCUT2D eigenvalue weighted by Gasteiger charge is -2.40. The fraction of sp³-hybridized carbons (Fsp3) is 0.333. The van der Waals surface area contributed by atoms with Crippen LogP contribution in [0.1, 0.15) is 12.5 Å². The van der Waals surface area contributed by atoms with Crippen LogP contribution in [0.4, 0.5) is 11.5 Å². The van der Waals surface area contributed by atoms with Crippen LogP contribution < -0.4 is 14.5 Å². The Bertz CT molecular complexity index is 994. The number of piperazine rings is 1. The van der Waals surface area contributed by atoms with Crippen LogP contribution >= 0.6 is 11.6 Å². The second-order valence-corrected chi connectivity index (χ2v) is 8.53. The van der Waals surface area contributed by atoms with Gasteiger partial charge < -0.3 is 14.5 Å². The maximum absolute atomic E-state index is 5.94. The van der Waals surface area contributed by atoms with Crippen LogP contribution in [-0.4, -0.2) is 54.6 Å². The predicted molar refractivity (Wildman–Crippen MR) is 126 cm³/mol. The molecule has 2 heterocycles. The molecule has 1 aliphatic rings. The molecule has 7 heteroatoms. The van der Waals surface area contributed by atoms with Gasteiger partial charge >= 0.3 is 0 Å². The third-order valence-corrected chi connectivity index (χ3v) is 5.84. The highest BCUT2D eigenvalue weighted by molar-refractivity contribution is 6.30. The van der Waals surface area contributed by atoms with Crippen molar-refractivity contribution in [3.8, 4) is 11.6 Å². The molecule has 162 valence electrons. The number of halogens is 1. The zero-order valence-electron chi connectivity index (χ0n) is 18.2. The van der Waals surface area contributed by atoms with Crippen LogP contribution in [0.5, 0.6) is 11.6 Å². The highest BCUT2D eigenvalue weighted by Crippen LogP contribution is 2.25. The number of rotatable bonds is 6. The molecule has 1 saturated heterocycles. The lowest BCUT2D eigenvalue weighted by molar-refractivity contribution is 0.180. The third kappa shape index (κ3) is 5.46. The number of benzene rings is 2. The molecule has 4 rings (SSSR count). The Morgan fingerprint density at radius 1 is 1.03 bits per heavy atom. The Hall–Kier alpha value is -2.83. The largest absolute Gasteiger partial charge is 0.439 e. The smallest absolute Gasteiger partial charge is 0.224 e. The summed E-state index contributed by atoms with van der Waals surface area (Å²) in [6, 6.07) is 18.4. The standard InChI is InChI=1S/C24H28ClN5O/c1-18-15-30(13-12-29(18)16-19-4-8-21(9-5-19)28(2)3)23-14-24(27-17-26-23)31-22-10-6-20(25)7-11-22/h4-11,14,17-18H,12-13,15-16H2,1-3H3/t18-/m1/s1. The molecule has 0 radical (unpaired) electrons. The summed E-state index contributed by atoms with van der Waals surface area (Å²) in [5, 5.41) is 0.677. The Labute approximate surface area is 189 Å². The highest BCUT2D eigenvalue weighted by atomic mass is 35.5. The van der Waals surface area contributed by atoms with E-state index in [4.69, 9.17) is 16.3 Å². The molecule has 2 aromatic carbocycles. The van der Waals surface area contributed by atoms with Crippen molar-refractivity contribution < 1.29 is 4.74 Å². The first-order valence-electron chi connectivity index (χ1n) is 10.5. The zero-order valence-corrected chi connectivity index (χ0v) is 19.0. The van der Waals surface area contributed by atoms with E-state index in [9.17, 15) is 0 Å². The van der Waals surface area contributed by atoms with E-state index >= 15 is 0 Å². The van der Waals surface area contributed by atoms with Crippen molar-refractivity contribution in [1.29, 1.82) is 0 Å². The predicted octanol–water partition coefficient (Wildman–Crippen LogP) is 4.70. The second kappa shape index (κ2) is 9.54. The highest BCUT2D eigenvalue weighted by Gasteiger charge is 2.25. The van der Waals surface area contributed by atoms with E-state index in [0.29, 0.717) is 22.7 Å². The van der Waals surface area contributed by atoms with Crippen molar-refractivity contribution in [3.05, 3.63) is 71.5 Å². The molecule has 31 heavy (non-hydrogen) atoms. The summed E-state index contributed by atoms with van der Waals surface area (Å²) < 4.78 is 5.87. The lowest BCUT2D eigenvalue weighted by Crippen LogP contribution is -2.51. The normalized spacial score (nSPS) is 16.9. The second-order valence-electron chi connectivity index (χ2n) is 8.10. The van der Waals surface area contributed by atoms with Crippen LogP contribution in [0.3, 0.4) is 0 Å². The first-order valence-corrected chi connectivity index (χ1v) is 10.9. The molecule has 1 fully saturated rings. The van der Waals surface area contributed by atoms with Gasteiger partial charge in [-0.25, -0.2) is 9.97 Å². The summed E-state index contributed by atoms with van der Waals surface area (Å²) in [5.74, 6) is 2.12. The zero-order chi connectivity index (χ0) is 21.8. The molecular weight excluding hydrogens is 410 g/mol. The molecule has 0 N–H and O–H groups in total. The minimum absolute atomic E-state index is 0.415. The SMILES string of the molecule is C[C@@H]1CN(c2cc(Oc3ccc(Cl)cc3)ncn2)CCN1Cc1ccc(N(C)C)cc1. The maximum Gasteiger partial charge on any atom is 0.224 e. The molecule has 0 aliphatic carbocycles. The van der Waals surface area contributed by atoms with E-state index in [1.54, 1.807) is 18.5 Å². The van der Waals surface area contributed by atoms with Gasteiger partial charge in [-0.3, -0.25) is 4.90 Å². The molecule has 1 atom stereocenters. The van der Waals surface area contributed by atoms with E-state index < -0.39 is 0 Å².